The lowest BCUT2D eigenvalue weighted by Crippen LogP contribution is -2.50. The molecular weight excluding hydrogens is 352 g/mol. The summed E-state index contributed by atoms with van der Waals surface area (Å²) in [4.78, 5) is 16.4. The minimum absolute atomic E-state index is 0.0701. The number of aromatic nitrogens is 2. The fourth-order valence-corrected chi connectivity index (χ4v) is 3.09. The number of anilines is 4. The predicted molar refractivity (Wildman–Crippen MR) is 111 cm³/mol. The number of hydrogen-bond acceptors (Lipinski definition) is 5. The molecule has 0 bridgehead atoms. The van der Waals surface area contributed by atoms with Crippen molar-refractivity contribution in [1.82, 2.24) is 15.1 Å². The molecule has 1 aromatic heterocycles. The van der Waals surface area contributed by atoms with Crippen LogP contribution in [0.4, 0.5) is 27.8 Å². The lowest BCUT2D eigenvalue weighted by molar-refractivity contribution is 0.208. The van der Waals surface area contributed by atoms with Gasteiger partial charge in [-0.3, -0.25) is 0 Å². The van der Waals surface area contributed by atoms with Gasteiger partial charge >= 0.3 is 6.03 Å². The molecule has 0 aliphatic carbocycles. The van der Waals surface area contributed by atoms with Gasteiger partial charge in [0, 0.05) is 37.6 Å². The van der Waals surface area contributed by atoms with Gasteiger partial charge in [0.05, 0.1) is 0 Å². The molecule has 0 atom stereocenters. The SMILES string of the molecule is O=C(Nc1ccccc1)N1CCN(c2ccc(Nc3ccccc3)nn2)CC1. The number of benzene rings is 2. The molecular formula is C21H22N6O. The number of hydrogen-bond donors (Lipinski definition) is 2. The largest absolute Gasteiger partial charge is 0.352 e. The van der Waals surface area contributed by atoms with Gasteiger partial charge in [-0.05, 0) is 36.4 Å². The molecule has 7 nitrogen and oxygen atoms in total. The quantitative estimate of drug-likeness (QED) is 0.730. The first-order valence-electron chi connectivity index (χ1n) is 9.30. The normalized spacial score (nSPS) is 13.9. The van der Waals surface area contributed by atoms with Crippen LogP contribution in [0.3, 0.4) is 0 Å². The van der Waals surface area contributed by atoms with E-state index < -0.39 is 0 Å². The minimum Gasteiger partial charge on any atom is -0.352 e. The van der Waals surface area contributed by atoms with Crippen molar-refractivity contribution in [3.8, 4) is 0 Å². The van der Waals surface area contributed by atoms with Gasteiger partial charge in [-0.1, -0.05) is 36.4 Å². The van der Waals surface area contributed by atoms with Crippen LogP contribution in [0.15, 0.2) is 72.8 Å². The van der Waals surface area contributed by atoms with E-state index in [4.69, 9.17) is 0 Å². The molecule has 0 unspecified atom stereocenters. The van der Waals surface area contributed by atoms with E-state index in [-0.39, 0.29) is 6.03 Å². The van der Waals surface area contributed by atoms with Crippen molar-refractivity contribution in [2.75, 3.05) is 41.7 Å². The van der Waals surface area contributed by atoms with Crippen LogP contribution >= 0.6 is 0 Å². The molecule has 1 saturated heterocycles. The van der Waals surface area contributed by atoms with Gasteiger partial charge < -0.3 is 20.4 Å². The van der Waals surface area contributed by atoms with Crippen molar-refractivity contribution in [2.45, 2.75) is 0 Å². The Kier molecular flexibility index (Phi) is 5.33. The van der Waals surface area contributed by atoms with Gasteiger partial charge in [-0.2, -0.15) is 0 Å². The fraction of sp³-hybridized carbons (Fsp3) is 0.190. The average molecular weight is 374 g/mol. The maximum Gasteiger partial charge on any atom is 0.321 e. The van der Waals surface area contributed by atoms with Gasteiger partial charge in [0.15, 0.2) is 11.6 Å². The summed E-state index contributed by atoms with van der Waals surface area (Å²) in [6, 6.07) is 23.2. The molecule has 142 valence electrons. The number of rotatable bonds is 4. The summed E-state index contributed by atoms with van der Waals surface area (Å²) in [7, 11) is 0. The number of carbonyl (C=O) groups excluding carboxylic acids is 1. The molecule has 28 heavy (non-hydrogen) atoms. The van der Waals surface area contributed by atoms with Crippen molar-refractivity contribution in [2.24, 2.45) is 0 Å². The van der Waals surface area contributed by atoms with Crippen LogP contribution in [0, 0.1) is 0 Å². The van der Waals surface area contributed by atoms with Gasteiger partial charge in [-0.25, -0.2) is 4.79 Å². The highest BCUT2D eigenvalue weighted by molar-refractivity contribution is 5.89. The van der Waals surface area contributed by atoms with Crippen LogP contribution < -0.4 is 15.5 Å². The smallest absolute Gasteiger partial charge is 0.321 e. The first kappa shape index (κ1) is 17.8. The van der Waals surface area contributed by atoms with E-state index in [1.54, 1.807) is 0 Å². The summed E-state index contributed by atoms with van der Waals surface area (Å²) in [6.07, 6.45) is 0. The van der Waals surface area contributed by atoms with Crippen LogP contribution in [0.2, 0.25) is 0 Å². The Balaban J connectivity index is 1.30. The minimum atomic E-state index is -0.0701. The molecule has 1 aliphatic heterocycles. The summed E-state index contributed by atoms with van der Waals surface area (Å²) in [5.41, 5.74) is 1.78. The van der Waals surface area contributed by atoms with E-state index in [1.165, 1.54) is 0 Å². The monoisotopic (exact) mass is 374 g/mol. The third kappa shape index (κ3) is 4.37. The highest BCUT2D eigenvalue weighted by atomic mass is 16.2. The second kappa shape index (κ2) is 8.39. The van der Waals surface area contributed by atoms with E-state index in [2.05, 4.69) is 25.7 Å². The summed E-state index contributed by atoms with van der Waals surface area (Å²) in [5, 5.41) is 14.7. The number of urea groups is 1. The Morgan fingerprint density at radius 1 is 0.750 bits per heavy atom. The van der Waals surface area contributed by atoms with E-state index in [0.29, 0.717) is 18.9 Å². The summed E-state index contributed by atoms with van der Waals surface area (Å²) in [5.74, 6) is 1.53. The van der Waals surface area contributed by atoms with Crippen LogP contribution in [0.1, 0.15) is 0 Å². The summed E-state index contributed by atoms with van der Waals surface area (Å²) < 4.78 is 0. The van der Waals surface area contributed by atoms with E-state index in [0.717, 1.165) is 30.3 Å². The third-order valence-corrected chi connectivity index (χ3v) is 4.61. The van der Waals surface area contributed by atoms with Crippen LogP contribution in [0.5, 0.6) is 0 Å². The molecule has 2 N–H and O–H groups in total. The topological polar surface area (TPSA) is 73.4 Å². The van der Waals surface area contributed by atoms with Crippen molar-refractivity contribution in [3.05, 3.63) is 72.8 Å². The molecule has 2 heterocycles. The molecule has 3 aromatic rings. The van der Waals surface area contributed by atoms with E-state index in [9.17, 15) is 4.79 Å². The number of nitrogens with zero attached hydrogens (tertiary/aromatic N) is 4. The van der Waals surface area contributed by atoms with Gasteiger partial charge in [-0.15, -0.1) is 10.2 Å². The van der Waals surface area contributed by atoms with Crippen LogP contribution in [-0.2, 0) is 0 Å². The Morgan fingerprint density at radius 3 is 2.00 bits per heavy atom. The highest BCUT2D eigenvalue weighted by Gasteiger charge is 2.22. The summed E-state index contributed by atoms with van der Waals surface area (Å²) >= 11 is 0. The lowest BCUT2D eigenvalue weighted by atomic mass is 10.3. The van der Waals surface area contributed by atoms with Crippen molar-refractivity contribution < 1.29 is 4.79 Å². The fourth-order valence-electron chi connectivity index (χ4n) is 3.09. The maximum atomic E-state index is 12.4. The number of para-hydroxylation sites is 2. The molecule has 2 amide bonds. The van der Waals surface area contributed by atoms with Gasteiger partial charge in [0.1, 0.15) is 0 Å². The standard InChI is InChI=1S/C21H22N6O/c28-21(23-18-9-5-2-6-10-18)27-15-13-26(14-16-27)20-12-11-19(24-25-20)22-17-7-3-1-4-8-17/h1-12H,13-16H2,(H,22,24)(H,23,28). The van der Waals surface area contributed by atoms with E-state index in [1.807, 2.05) is 77.7 Å². The zero-order valence-corrected chi connectivity index (χ0v) is 15.5. The van der Waals surface area contributed by atoms with E-state index >= 15 is 0 Å². The van der Waals surface area contributed by atoms with Crippen molar-refractivity contribution >= 4 is 29.0 Å². The average Bonchev–Trinajstić information content (AvgIpc) is 2.76. The zero-order valence-electron chi connectivity index (χ0n) is 15.5. The first-order chi connectivity index (χ1) is 13.8. The number of nitrogens with one attached hydrogen (secondary N) is 2. The zero-order chi connectivity index (χ0) is 19.2. The second-order valence-corrected chi connectivity index (χ2v) is 6.54. The molecule has 2 aromatic carbocycles. The third-order valence-electron chi connectivity index (χ3n) is 4.61. The predicted octanol–water partition coefficient (Wildman–Crippen LogP) is 3.57. The summed E-state index contributed by atoms with van der Waals surface area (Å²) in [6.45, 7) is 2.74. The van der Waals surface area contributed by atoms with Crippen molar-refractivity contribution in [3.63, 3.8) is 0 Å². The molecule has 1 aliphatic rings. The van der Waals surface area contributed by atoms with Crippen LogP contribution in [0.25, 0.3) is 0 Å². The number of amides is 2. The Hall–Kier alpha value is -3.61. The molecule has 0 spiro atoms. The van der Waals surface area contributed by atoms with Crippen molar-refractivity contribution in [1.29, 1.82) is 0 Å². The molecule has 7 heteroatoms. The van der Waals surface area contributed by atoms with Gasteiger partial charge in [0.2, 0.25) is 0 Å². The lowest BCUT2D eigenvalue weighted by Gasteiger charge is -2.35. The number of piperazine rings is 1. The second-order valence-electron chi connectivity index (χ2n) is 6.54. The Morgan fingerprint density at radius 2 is 1.39 bits per heavy atom. The number of carbonyl (C=O) groups is 1. The molecule has 0 saturated carbocycles. The Bertz CT molecular complexity index is 893. The molecule has 0 radical (unpaired) electrons. The van der Waals surface area contributed by atoms with Gasteiger partial charge in [0.25, 0.3) is 0 Å². The maximum absolute atomic E-state index is 12.4. The highest BCUT2D eigenvalue weighted by Crippen LogP contribution is 2.18. The first-order valence-corrected chi connectivity index (χ1v) is 9.30. The van der Waals surface area contributed by atoms with Crippen LogP contribution in [-0.4, -0.2) is 47.3 Å². The molecule has 1 fully saturated rings. The molecule has 4 rings (SSSR count). The Labute approximate surface area is 164 Å².